The number of allylic oxidation sites excluding steroid dienone is 2. The zero-order valence-electron chi connectivity index (χ0n) is 8.05. The molecule has 4 N–H and O–H groups in total. The maximum absolute atomic E-state index is 10.5. The highest BCUT2D eigenvalue weighted by atomic mass is 16.1. The summed E-state index contributed by atoms with van der Waals surface area (Å²) in [5.41, 5.74) is 7.70. The number of rotatable bonds is 1. The van der Waals surface area contributed by atoms with Crippen LogP contribution in [0.25, 0.3) is 0 Å². The average molecular weight is 204 g/mol. The van der Waals surface area contributed by atoms with E-state index in [1.807, 2.05) is 24.5 Å². The number of nitrogens with zero attached hydrogens (tertiary/aromatic N) is 1. The molecule has 1 aliphatic heterocycles. The Morgan fingerprint density at radius 2 is 2.00 bits per heavy atom. The van der Waals surface area contributed by atoms with Gasteiger partial charge in [0.1, 0.15) is 5.71 Å². The van der Waals surface area contributed by atoms with Gasteiger partial charge in [-0.15, -0.1) is 0 Å². The molecule has 5 nitrogen and oxygen atoms in total. The maximum atomic E-state index is 10.5. The molecular formula is C10H12N4O. The summed E-state index contributed by atoms with van der Waals surface area (Å²) in [6.07, 6.45) is 10.3. The van der Waals surface area contributed by atoms with Crippen LogP contribution in [0.3, 0.4) is 0 Å². The second kappa shape index (κ2) is 6.20. The lowest BCUT2D eigenvalue weighted by Gasteiger charge is -1.90. The lowest BCUT2D eigenvalue weighted by molar-refractivity contribution is -0.111. The molecule has 0 fully saturated rings. The van der Waals surface area contributed by atoms with Crippen LogP contribution in [0.2, 0.25) is 0 Å². The first-order valence-electron chi connectivity index (χ1n) is 4.34. The SMILES string of the molecule is NC(=O)C1=NNC=CC=C1.c1cc[nH]c1. The maximum Gasteiger partial charge on any atom is 0.269 e. The van der Waals surface area contributed by atoms with Gasteiger partial charge in [0, 0.05) is 18.6 Å². The summed E-state index contributed by atoms with van der Waals surface area (Å²) in [5.74, 6) is -0.535. The number of aromatic amines is 1. The summed E-state index contributed by atoms with van der Waals surface area (Å²) >= 11 is 0. The summed E-state index contributed by atoms with van der Waals surface area (Å²) in [5, 5.41) is 3.64. The minimum absolute atomic E-state index is 0.227. The Kier molecular flexibility index (Phi) is 4.45. The van der Waals surface area contributed by atoms with E-state index in [-0.39, 0.29) is 5.71 Å². The van der Waals surface area contributed by atoms with E-state index in [0.29, 0.717) is 0 Å². The average Bonchev–Trinajstić information content (AvgIpc) is 2.67. The number of hydrogen-bond acceptors (Lipinski definition) is 3. The Morgan fingerprint density at radius 1 is 1.27 bits per heavy atom. The molecule has 0 atom stereocenters. The van der Waals surface area contributed by atoms with E-state index in [2.05, 4.69) is 15.5 Å². The Hall–Kier alpha value is -2.30. The Labute approximate surface area is 87.4 Å². The second-order valence-electron chi connectivity index (χ2n) is 2.59. The number of primary amides is 1. The van der Waals surface area contributed by atoms with Crippen molar-refractivity contribution < 1.29 is 4.79 Å². The van der Waals surface area contributed by atoms with Gasteiger partial charge in [0.25, 0.3) is 5.91 Å². The zero-order chi connectivity index (χ0) is 10.9. The molecule has 0 spiro atoms. The number of amides is 1. The van der Waals surface area contributed by atoms with Crippen LogP contribution < -0.4 is 11.2 Å². The number of nitrogens with two attached hydrogens (primary N) is 1. The monoisotopic (exact) mass is 204 g/mol. The number of aromatic nitrogens is 1. The van der Waals surface area contributed by atoms with Crippen LogP contribution in [0.15, 0.2) is 54.1 Å². The Balaban J connectivity index is 0.000000187. The van der Waals surface area contributed by atoms with Crippen LogP contribution in [-0.4, -0.2) is 16.6 Å². The fourth-order valence-electron chi connectivity index (χ4n) is 0.804. The van der Waals surface area contributed by atoms with Crippen LogP contribution >= 0.6 is 0 Å². The zero-order valence-corrected chi connectivity index (χ0v) is 8.05. The first-order valence-corrected chi connectivity index (χ1v) is 4.34. The molecule has 0 aliphatic carbocycles. The molecule has 0 aromatic carbocycles. The number of hydrazone groups is 1. The molecule has 0 saturated carbocycles. The predicted octanol–water partition coefficient (Wildman–Crippen LogP) is 0.515. The van der Waals surface area contributed by atoms with E-state index in [4.69, 9.17) is 5.73 Å². The summed E-state index contributed by atoms with van der Waals surface area (Å²) in [6, 6.07) is 3.89. The van der Waals surface area contributed by atoms with Crippen LogP contribution in [0.1, 0.15) is 0 Å². The van der Waals surface area contributed by atoms with E-state index in [0.717, 1.165) is 0 Å². The largest absolute Gasteiger partial charge is 0.368 e. The van der Waals surface area contributed by atoms with Gasteiger partial charge >= 0.3 is 0 Å². The molecule has 1 aromatic rings. The van der Waals surface area contributed by atoms with Crippen molar-refractivity contribution in [1.82, 2.24) is 10.4 Å². The lowest BCUT2D eigenvalue weighted by Crippen LogP contribution is -2.22. The smallest absolute Gasteiger partial charge is 0.269 e. The first kappa shape index (κ1) is 10.8. The van der Waals surface area contributed by atoms with Gasteiger partial charge in [0.05, 0.1) is 0 Å². The van der Waals surface area contributed by atoms with Crippen LogP contribution in [0.4, 0.5) is 0 Å². The Bertz CT molecular complexity index is 359. The van der Waals surface area contributed by atoms with Crippen molar-refractivity contribution in [2.75, 3.05) is 0 Å². The minimum atomic E-state index is -0.535. The third-order valence-electron chi connectivity index (χ3n) is 1.47. The molecule has 1 amide bonds. The number of carbonyl (C=O) groups is 1. The predicted molar refractivity (Wildman–Crippen MR) is 58.8 cm³/mol. The molecule has 78 valence electrons. The quantitative estimate of drug-likeness (QED) is 0.623. The summed E-state index contributed by atoms with van der Waals surface area (Å²) < 4.78 is 0. The molecule has 0 radical (unpaired) electrons. The van der Waals surface area contributed by atoms with Gasteiger partial charge in [0.2, 0.25) is 0 Å². The van der Waals surface area contributed by atoms with Gasteiger partial charge < -0.3 is 10.7 Å². The summed E-state index contributed by atoms with van der Waals surface area (Å²) in [4.78, 5) is 13.3. The third kappa shape index (κ3) is 4.47. The molecule has 1 aromatic heterocycles. The van der Waals surface area contributed by atoms with Gasteiger partial charge in [-0.25, -0.2) is 0 Å². The highest BCUT2D eigenvalue weighted by Crippen LogP contribution is 1.86. The van der Waals surface area contributed by atoms with Crippen LogP contribution in [0, 0.1) is 0 Å². The number of nitrogens with one attached hydrogen (secondary N) is 2. The van der Waals surface area contributed by atoms with E-state index < -0.39 is 5.91 Å². The molecule has 0 unspecified atom stereocenters. The molecule has 1 aliphatic rings. The molecule has 15 heavy (non-hydrogen) atoms. The molecular weight excluding hydrogens is 192 g/mol. The fourth-order valence-corrected chi connectivity index (χ4v) is 0.804. The molecule has 5 heteroatoms. The lowest BCUT2D eigenvalue weighted by atomic mass is 10.3. The van der Waals surface area contributed by atoms with E-state index in [1.54, 1.807) is 24.4 Å². The van der Waals surface area contributed by atoms with Gasteiger partial charge in [-0.3, -0.25) is 10.2 Å². The summed E-state index contributed by atoms with van der Waals surface area (Å²) in [7, 11) is 0. The van der Waals surface area contributed by atoms with Crippen molar-refractivity contribution in [2.24, 2.45) is 10.8 Å². The Morgan fingerprint density at radius 3 is 2.53 bits per heavy atom. The molecule has 0 saturated heterocycles. The van der Waals surface area contributed by atoms with Crippen molar-refractivity contribution in [2.45, 2.75) is 0 Å². The van der Waals surface area contributed by atoms with Crippen molar-refractivity contribution >= 4 is 11.6 Å². The van der Waals surface area contributed by atoms with E-state index in [1.165, 1.54) is 0 Å². The van der Waals surface area contributed by atoms with E-state index >= 15 is 0 Å². The minimum Gasteiger partial charge on any atom is -0.368 e. The summed E-state index contributed by atoms with van der Waals surface area (Å²) in [6.45, 7) is 0. The van der Waals surface area contributed by atoms with Crippen LogP contribution in [0.5, 0.6) is 0 Å². The van der Waals surface area contributed by atoms with Gasteiger partial charge in [0.15, 0.2) is 0 Å². The highest BCUT2D eigenvalue weighted by molar-refractivity contribution is 6.42. The van der Waals surface area contributed by atoms with Gasteiger partial charge in [-0.1, -0.05) is 6.08 Å². The van der Waals surface area contributed by atoms with Crippen molar-refractivity contribution in [3.8, 4) is 0 Å². The van der Waals surface area contributed by atoms with Crippen LogP contribution in [-0.2, 0) is 4.79 Å². The van der Waals surface area contributed by atoms with Gasteiger partial charge in [-0.05, 0) is 24.3 Å². The van der Waals surface area contributed by atoms with Gasteiger partial charge in [-0.2, -0.15) is 5.10 Å². The molecule has 2 heterocycles. The number of H-pyrrole nitrogens is 1. The fraction of sp³-hybridized carbons (Fsp3) is 0. The number of hydrogen-bond donors (Lipinski definition) is 3. The van der Waals surface area contributed by atoms with Crippen molar-refractivity contribution in [3.63, 3.8) is 0 Å². The van der Waals surface area contributed by atoms with E-state index in [9.17, 15) is 4.79 Å². The first-order chi connectivity index (χ1) is 7.30. The van der Waals surface area contributed by atoms with Crippen molar-refractivity contribution in [3.05, 3.63) is 49.0 Å². The second-order valence-corrected chi connectivity index (χ2v) is 2.59. The topological polar surface area (TPSA) is 83.3 Å². The number of carbonyl (C=O) groups excluding carboxylic acids is 1. The third-order valence-corrected chi connectivity index (χ3v) is 1.47. The molecule has 0 bridgehead atoms. The molecule has 2 rings (SSSR count). The standard InChI is InChI=1S/C6H7N3O.C4H5N/c7-6(10)5-3-1-2-4-8-9-5;1-2-4-5-3-1/h1-4,8H,(H2,7,10);1-5H. The highest BCUT2D eigenvalue weighted by Gasteiger charge is 2.01. The van der Waals surface area contributed by atoms with Crippen molar-refractivity contribution in [1.29, 1.82) is 0 Å². The normalized spacial score (nSPS) is 12.9.